The zero-order valence-electron chi connectivity index (χ0n) is 19.7. The molecule has 0 bridgehead atoms. The van der Waals surface area contributed by atoms with Crippen LogP contribution in [0.4, 0.5) is 0 Å². The molecule has 2 aliphatic rings. The molecule has 2 saturated heterocycles. The molecule has 1 atom stereocenters. The first-order chi connectivity index (χ1) is 16.8. The second kappa shape index (κ2) is 11.0. The van der Waals surface area contributed by atoms with Crippen LogP contribution in [-0.4, -0.2) is 73.1 Å². The number of Topliss-reactive ketones (excluding diaryl/α,β-unsaturated/α-hetero) is 1. The zero-order valence-corrected chi connectivity index (χ0v) is 21.2. The number of hydrogen-bond donors (Lipinski definition) is 1. The number of carbonyl (C=O) groups excluding carboxylic acids is 2. The van der Waals surface area contributed by atoms with Gasteiger partial charge in [-0.1, -0.05) is 29.3 Å². The molecule has 0 radical (unpaired) electrons. The van der Waals surface area contributed by atoms with E-state index in [1.807, 2.05) is 6.92 Å². The van der Waals surface area contributed by atoms with Gasteiger partial charge < -0.3 is 19.5 Å². The Kier molecular flexibility index (Phi) is 8.02. The van der Waals surface area contributed by atoms with E-state index in [1.165, 1.54) is 4.90 Å². The van der Waals surface area contributed by atoms with Crippen molar-refractivity contribution in [3.05, 3.63) is 68.7 Å². The van der Waals surface area contributed by atoms with Crippen molar-refractivity contribution in [1.29, 1.82) is 0 Å². The molecule has 7 nitrogen and oxygen atoms in total. The van der Waals surface area contributed by atoms with Crippen molar-refractivity contribution in [1.82, 2.24) is 9.80 Å². The standard InChI is InChI=1S/C26H28Cl2N2O5/c1-16-14-18(5-7-21(16)34-2)24(31)22-23(17-4-6-19(27)20(28)15-17)30(26(33)25(22)32)9-3-8-29-10-12-35-13-11-29/h4-7,14-15,23,31H,3,8-13H2,1-2H3/t23-/m0/s1. The number of morpholine rings is 1. The summed E-state index contributed by atoms with van der Waals surface area (Å²) >= 11 is 12.4. The van der Waals surface area contributed by atoms with Crippen LogP contribution in [0.1, 0.15) is 29.2 Å². The Morgan fingerprint density at radius 1 is 1.09 bits per heavy atom. The average molecular weight is 519 g/mol. The molecule has 0 saturated carbocycles. The van der Waals surface area contributed by atoms with E-state index in [4.69, 9.17) is 32.7 Å². The van der Waals surface area contributed by atoms with Gasteiger partial charge in [0.15, 0.2) is 0 Å². The number of nitrogens with zero attached hydrogens (tertiary/aromatic N) is 2. The van der Waals surface area contributed by atoms with E-state index in [0.717, 1.165) is 25.2 Å². The molecule has 35 heavy (non-hydrogen) atoms. The lowest BCUT2D eigenvalue weighted by Gasteiger charge is -2.29. The highest BCUT2D eigenvalue weighted by atomic mass is 35.5. The Morgan fingerprint density at radius 3 is 2.49 bits per heavy atom. The Hall–Kier alpha value is -2.58. The summed E-state index contributed by atoms with van der Waals surface area (Å²) in [5.41, 5.74) is 1.86. The highest BCUT2D eigenvalue weighted by molar-refractivity contribution is 6.46. The summed E-state index contributed by atoms with van der Waals surface area (Å²) < 4.78 is 10.7. The number of likely N-dealkylation sites (tertiary alicyclic amines) is 1. The molecule has 0 unspecified atom stereocenters. The fraction of sp³-hybridized carbons (Fsp3) is 0.385. The number of methoxy groups -OCH3 is 1. The molecule has 9 heteroatoms. The monoisotopic (exact) mass is 518 g/mol. The normalized spacial score (nSPS) is 20.5. The van der Waals surface area contributed by atoms with Crippen LogP contribution < -0.4 is 4.74 Å². The molecule has 2 heterocycles. The predicted molar refractivity (Wildman–Crippen MR) is 135 cm³/mol. The van der Waals surface area contributed by atoms with Gasteiger partial charge in [0.1, 0.15) is 11.5 Å². The van der Waals surface area contributed by atoms with Crippen molar-refractivity contribution in [2.45, 2.75) is 19.4 Å². The van der Waals surface area contributed by atoms with Gasteiger partial charge >= 0.3 is 0 Å². The van der Waals surface area contributed by atoms with Gasteiger partial charge in [0.25, 0.3) is 11.7 Å². The quantitative estimate of drug-likeness (QED) is 0.331. The van der Waals surface area contributed by atoms with Crippen LogP contribution in [0.15, 0.2) is 42.0 Å². The topological polar surface area (TPSA) is 79.3 Å². The van der Waals surface area contributed by atoms with Gasteiger partial charge in [-0.2, -0.15) is 0 Å². The van der Waals surface area contributed by atoms with Gasteiger partial charge in [0.05, 0.1) is 42.0 Å². The highest BCUT2D eigenvalue weighted by Crippen LogP contribution is 2.41. The van der Waals surface area contributed by atoms with Gasteiger partial charge in [-0.05, 0) is 54.8 Å². The third-order valence-electron chi connectivity index (χ3n) is 6.44. The van der Waals surface area contributed by atoms with Crippen molar-refractivity contribution in [3.8, 4) is 5.75 Å². The van der Waals surface area contributed by atoms with Crippen LogP contribution in [-0.2, 0) is 14.3 Å². The van der Waals surface area contributed by atoms with E-state index in [2.05, 4.69) is 4.90 Å². The molecule has 2 fully saturated rings. The Labute approximate surface area is 214 Å². The summed E-state index contributed by atoms with van der Waals surface area (Å²) in [5.74, 6) is -0.944. The number of hydrogen-bond acceptors (Lipinski definition) is 6. The number of amides is 1. The van der Waals surface area contributed by atoms with E-state index < -0.39 is 17.7 Å². The molecular formula is C26H28Cl2N2O5. The number of ketones is 1. The van der Waals surface area contributed by atoms with E-state index >= 15 is 0 Å². The first kappa shape index (κ1) is 25.5. The predicted octanol–water partition coefficient (Wildman–Crippen LogP) is 4.45. The fourth-order valence-corrected chi connectivity index (χ4v) is 4.92. The third kappa shape index (κ3) is 5.33. The summed E-state index contributed by atoms with van der Waals surface area (Å²) in [5, 5.41) is 11.9. The number of benzene rings is 2. The molecule has 1 amide bonds. The lowest BCUT2D eigenvalue weighted by Crippen LogP contribution is -2.38. The Morgan fingerprint density at radius 2 is 1.83 bits per heavy atom. The third-order valence-corrected chi connectivity index (χ3v) is 7.18. The Bertz CT molecular complexity index is 1160. The smallest absolute Gasteiger partial charge is 0.295 e. The second-order valence-electron chi connectivity index (χ2n) is 8.66. The average Bonchev–Trinajstić information content (AvgIpc) is 3.11. The second-order valence-corrected chi connectivity index (χ2v) is 9.47. The molecule has 2 aromatic carbocycles. The molecule has 186 valence electrons. The van der Waals surface area contributed by atoms with Crippen LogP contribution in [0.25, 0.3) is 5.76 Å². The van der Waals surface area contributed by atoms with Crippen molar-refractivity contribution in [2.75, 3.05) is 46.5 Å². The van der Waals surface area contributed by atoms with Gasteiger partial charge in [0.2, 0.25) is 0 Å². The highest BCUT2D eigenvalue weighted by Gasteiger charge is 2.46. The summed E-state index contributed by atoms with van der Waals surface area (Å²) in [6.45, 7) is 6.03. The van der Waals surface area contributed by atoms with E-state index in [-0.39, 0.29) is 11.3 Å². The maximum Gasteiger partial charge on any atom is 0.295 e. The molecule has 1 N–H and O–H groups in total. The van der Waals surface area contributed by atoms with Gasteiger partial charge in [-0.15, -0.1) is 0 Å². The summed E-state index contributed by atoms with van der Waals surface area (Å²) in [4.78, 5) is 30.2. The lowest BCUT2D eigenvalue weighted by molar-refractivity contribution is -0.140. The van der Waals surface area contributed by atoms with E-state index in [0.29, 0.717) is 53.1 Å². The minimum Gasteiger partial charge on any atom is -0.507 e. The number of aryl methyl sites for hydroxylation is 1. The minimum atomic E-state index is -0.781. The van der Waals surface area contributed by atoms with Crippen molar-refractivity contribution in [2.24, 2.45) is 0 Å². The molecule has 2 aromatic rings. The number of aliphatic hydroxyl groups is 1. The SMILES string of the molecule is COc1ccc(C(O)=C2C(=O)C(=O)N(CCCN3CCOCC3)[C@H]2c2ccc(Cl)c(Cl)c2)cc1C. The van der Waals surface area contributed by atoms with E-state index in [9.17, 15) is 14.7 Å². The van der Waals surface area contributed by atoms with Crippen LogP contribution in [0.2, 0.25) is 10.0 Å². The maximum atomic E-state index is 13.2. The molecule has 0 aromatic heterocycles. The maximum absolute atomic E-state index is 13.2. The largest absolute Gasteiger partial charge is 0.507 e. The number of aliphatic hydroxyl groups excluding tert-OH is 1. The van der Waals surface area contributed by atoms with Crippen molar-refractivity contribution < 1.29 is 24.2 Å². The zero-order chi connectivity index (χ0) is 25.1. The van der Waals surface area contributed by atoms with Crippen LogP contribution in [0.5, 0.6) is 5.75 Å². The molecule has 0 spiro atoms. The fourth-order valence-electron chi connectivity index (χ4n) is 4.61. The number of halogens is 2. The molecule has 2 aliphatic heterocycles. The number of rotatable bonds is 7. The minimum absolute atomic E-state index is 0.0318. The summed E-state index contributed by atoms with van der Waals surface area (Å²) in [6.07, 6.45) is 0.673. The molecular weight excluding hydrogens is 491 g/mol. The molecule has 0 aliphatic carbocycles. The number of ether oxygens (including phenoxy) is 2. The van der Waals surface area contributed by atoms with Crippen LogP contribution in [0, 0.1) is 6.92 Å². The van der Waals surface area contributed by atoms with Crippen molar-refractivity contribution >= 4 is 40.7 Å². The first-order valence-electron chi connectivity index (χ1n) is 11.5. The molecule has 4 rings (SSSR count). The van der Waals surface area contributed by atoms with Crippen molar-refractivity contribution in [3.63, 3.8) is 0 Å². The van der Waals surface area contributed by atoms with Gasteiger partial charge in [0, 0.05) is 31.7 Å². The van der Waals surface area contributed by atoms with Gasteiger partial charge in [-0.3, -0.25) is 14.5 Å². The van der Waals surface area contributed by atoms with Gasteiger partial charge in [-0.25, -0.2) is 0 Å². The number of carbonyl (C=O) groups is 2. The lowest BCUT2D eigenvalue weighted by atomic mass is 9.94. The van der Waals surface area contributed by atoms with Crippen LogP contribution >= 0.6 is 23.2 Å². The van der Waals surface area contributed by atoms with Crippen LogP contribution in [0.3, 0.4) is 0 Å². The van der Waals surface area contributed by atoms with E-state index in [1.54, 1.807) is 43.5 Å². The summed E-state index contributed by atoms with van der Waals surface area (Å²) in [6, 6.07) is 9.33. The summed E-state index contributed by atoms with van der Waals surface area (Å²) in [7, 11) is 1.56. The Balaban J connectivity index is 1.71. The first-order valence-corrected chi connectivity index (χ1v) is 12.3.